The van der Waals surface area contributed by atoms with Crippen LogP contribution in [0.15, 0.2) is 29.3 Å². The quantitative estimate of drug-likeness (QED) is 0.177. The van der Waals surface area contributed by atoms with Gasteiger partial charge in [0.2, 0.25) is 0 Å². The summed E-state index contributed by atoms with van der Waals surface area (Å²) in [5.74, 6) is 2.35. The van der Waals surface area contributed by atoms with Crippen molar-refractivity contribution in [3.63, 3.8) is 0 Å². The molecule has 0 bridgehead atoms. The topological polar surface area (TPSA) is 67.4 Å². The highest BCUT2D eigenvalue weighted by Crippen LogP contribution is 2.27. The molecule has 182 valence electrons. The number of nitrogens with one attached hydrogen (secondary N) is 2. The normalized spacial score (nSPS) is 20.1. The van der Waals surface area contributed by atoms with Crippen LogP contribution in [-0.2, 0) is 9.47 Å². The van der Waals surface area contributed by atoms with Gasteiger partial charge in [-0.05, 0) is 63.4 Å². The maximum absolute atomic E-state index is 5.80. The number of guanidine groups is 1. The molecule has 2 unspecified atom stereocenters. The minimum Gasteiger partial charge on any atom is -0.497 e. The van der Waals surface area contributed by atoms with Gasteiger partial charge >= 0.3 is 0 Å². The molecule has 2 aliphatic rings. The predicted molar refractivity (Wildman–Crippen MR) is 140 cm³/mol. The molecule has 2 aliphatic heterocycles. The van der Waals surface area contributed by atoms with Gasteiger partial charge in [-0.25, -0.2) is 0 Å². The van der Waals surface area contributed by atoms with Gasteiger partial charge in [-0.2, -0.15) is 0 Å². The molecule has 2 heterocycles. The Morgan fingerprint density at radius 3 is 2.66 bits per heavy atom. The molecule has 0 aromatic heterocycles. The van der Waals surface area contributed by atoms with E-state index in [9.17, 15) is 0 Å². The van der Waals surface area contributed by atoms with Crippen molar-refractivity contribution >= 4 is 29.9 Å². The van der Waals surface area contributed by atoms with Gasteiger partial charge in [-0.15, -0.1) is 24.0 Å². The monoisotopic (exact) mass is 560 g/mol. The number of benzene rings is 1. The van der Waals surface area contributed by atoms with Crippen molar-refractivity contribution in [1.29, 1.82) is 0 Å². The van der Waals surface area contributed by atoms with Crippen molar-refractivity contribution in [3.05, 3.63) is 29.8 Å². The third-order valence-corrected chi connectivity index (χ3v) is 5.98. The number of hydrogen-bond donors (Lipinski definition) is 2. The molecule has 0 spiro atoms. The van der Waals surface area contributed by atoms with E-state index in [1.807, 2.05) is 12.1 Å². The SMILES string of the molecule is CCNC(=NCC(c1ccc(OC)cc1)N1CCCC1)NCCCOCC1CCOC1.I. The first-order valence-electron chi connectivity index (χ1n) is 11.9. The molecule has 7 nitrogen and oxygen atoms in total. The number of hydrogen-bond acceptors (Lipinski definition) is 5. The summed E-state index contributed by atoms with van der Waals surface area (Å²) >= 11 is 0. The second kappa shape index (κ2) is 15.7. The zero-order valence-corrected chi connectivity index (χ0v) is 22.0. The largest absolute Gasteiger partial charge is 0.497 e. The van der Waals surface area contributed by atoms with E-state index >= 15 is 0 Å². The lowest BCUT2D eigenvalue weighted by Crippen LogP contribution is -2.39. The van der Waals surface area contributed by atoms with E-state index in [1.54, 1.807) is 7.11 Å². The molecule has 2 atom stereocenters. The van der Waals surface area contributed by atoms with Gasteiger partial charge in [0.1, 0.15) is 5.75 Å². The lowest BCUT2D eigenvalue weighted by molar-refractivity contribution is 0.0888. The number of ether oxygens (including phenoxy) is 3. The number of nitrogens with zero attached hydrogens (tertiary/aromatic N) is 2. The number of aliphatic imine (C=N–C) groups is 1. The average molecular weight is 561 g/mol. The maximum atomic E-state index is 5.80. The van der Waals surface area contributed by atoms with Crippen molar-refractivity contribution < 1.29 is 14.2 Å². The van der Waals surface area contributed by atoms with E-state index in [0.29, 0.717) is 12.0 Å². The van der Waals surface area contributed by atoms with Gasteiger partial charge < -0.3 is 24.8 Å². The third-order valence-electron chi connectivity index (χ3n) is 5.98. The van der Waals surface area contributed by atoms with Crippen molar-refractivity contribution in [3.8, 4) is 5.75 Å². The molecule has 8 heteroatoms. The summed E-state index contributed by atoms with van der Waals surface area (Å²) in [6, 6.07) is 8.72. The first-order valence-corrected chi connectivity index (χ1v) is 11.9. The molecule has 2 fully saturated rings. The van der Waals surface area contributed by atoms with Crippen LogP contribution < -0.4 is 15.4 Å². The summed E-state index contributed by atoms with van der Waals surface area (Å²) in [6.45, 7) is 10.1. The highest BCUT2D eigenvalue weighted by atomic mass is 127. The van der Waals surface area contributed by atoms with Crippen LogP contribution in [0.3, 0.4) is 0 Å². The fraction of sp³-hybridized carbons (Fsp3) is 0.708. The summed E-state index contributed by atoms with van der Waals surface area (Å²) < 4.78 is 16.5. The van der Waals surface area contributed by atoms with E-state index < -0.39 is 0 Å². The molecule has 0 aliphatic carbocycles. The van der Waals surface area contributed by atoms with E-state index in [4.69, 9.17) is 19.2 Å². The smallest absolute Gasteiger partial charge is 0.191 e. The fourth-order valence-electron chi connectivity index (χ4n) is 4.18. The minimum atomic E-state index is 0. The third kappa shape index (κ3) is 9.03. The Morgan fingerprint density at radius 1 is 1.22 bits per heavy atom. The highest BCUT2D eigenvalue weighted by molar-refractivity contribution is 14.0. The maximum Gasteiger partial charge on any atom is 0.191 e. The molecule has 2 saturated heterocycles. The molecule has 0 radical (unpaired) electrons. The molecule has 1 aromatic rings. The van der Waals surface area contributed by atoms with Crippen molar-refractivity contribution in [2.24, 2.45) is 10.9 Å². The van der Waals surface area contributed by atoms with Crippen LogP contribution in [0.25, 0.3) is 0 Å². The lowest BCUT2D eigenvalue weighted by atomic mass is 10.1. The molecular formula is C24H41IN4O3. The summed E-state index contributed by atoms with van der Waals surface area (Å²) in [4.78, 5) is 7.47. The van der Waals surface area contributed by atoms with E-state index in [2.05, 4.69) is 34.6 Å². The van der Waals surface area contributed by atoms with Crippen LogP contribution in [0.5, 0.6) is 5.75 Å². The molecule has 0 amide bonds. The lowest BCUT2D eigenvalue weighted by Gasteiger charge is -2.27. The Hall–Kier alpha value is -1.10. The second-order valence-electron chi connectivity index (χ2n) is 8.34. The molecule has 2 N–H and O–H groups in total. The summed E-state index contributed by atoms with van der Waals surface area (Å²) in [5.41, 5.74) is 1.30. The van der Waals surface area contributed by atoms with Crippen LogP contribution in [0, 0.1) is 5.92 Å². The Bertz CT molecular complexity index is 647. The van der Waals surface area contributed by atoms with Gasteiger partial charge in [-0.3, -0.25) is 9.89 Å². The van der Waals surface area contributed by atoms with Crippen LogP contribution in [0.4, 0.5) is 0 Å². The molecule has 32 heavy (non-hydrogen) atoms. The van der Waals surface area contributed by atoms with Crippen LogP contribution in [0.2, 0.25) is 0 Å². The summed E-state index contributed by atoms with van der Waals surface area (Å²) in [7, 11) is 1.71. The number of rotatable bonds is 12. The van der Waals surface area contributed by atoms with Gasteiger partial charge in [0, 0.05) is 32.2 Å². The van der Waals surface area contributed by atoms with Gasteiger partial charge in [0.25, 0.3) is 0 Å². The zero-order valence-electron chi connectivity index (χ0n) is 19.7. The van der Waals surface area contributed by atoms with Gasteiger partial charge in [0.15, 0.2) is 5.96 Å². The average Bonchev–Trinajstić information content (AvgIpc) is 3.51. The first-order chi connectivity index (χ1) is 15.3. The number of halogens is 1. The Labute approximate surface area is 210 Å². The Balaban J connectivity index is 0.00000363. The van der Waals surface area contributed by atoms with E-state index in [1.165, 1.54) is 18.4 Å². The number of methoxy groups -OCH3 is 1. The van der Waals surface area contributed by atoms with Crippen molar-refractivity contribution in [2.75, 3.05) is 66.3 Å². The van der Waals surface area contributed by atoms with Crippen LogP contribution in [-0.4, -0.2) is 77.1 Å². The Morgan fingerprint density at radius 2 is 2.00 bits per heavy atom. The molecule has 3 rings (SSSR count). The van der Waals surface area contributed by atoms with Crippen LogP contribution in [0.1, 0.15) is 44.2 Å². The number of likely N-dealkylation sites (tertiary alicyclic amines) is 1. The highest BCUT2D eigenvalue weighted by Gasteiger charge is 2.23. The fourth-order valence-corrected chi connectivity index (χ4v) is 4.18. The second-order valence-corrected chi connectivity index (χ2v) is 8.34. The van der Waals surface area contributed by atoms with E-state index in [-0.39, 0.29) is 24.0 Å². The van der Waals surface area contributed by atoms with E-state index in [0.717, 1.165) is 83.7 Å². The van der Waals surface area contributed by atoms with Gasteiger partial charge in [-0.1, -0.05) is 12.1 Å². The Kier molecular flexibility index (Phi) is 13.3. The zero-order chi connectivity index (χ0) is 21.7. The van der Waals surface area contributed by atoms with Crippen molar-refractivity contribution in [1.82, 2.24) is 15.5 Å². The molecular weight excluding hydrogens is 519 g/mol. The van der Waals surface area contributed by atoms with Crippen LogP contribution >= 0.6 is 24.0 Å². The summed E-state index contributed by atoms with van der Waals surface area (Å²) in [6.07, 6.45) is 4.62. The minimum absolute atomic E-state index is 0. The standard InChI is InChI=1S/C24H40N4O3.HI/c1-3-25-24(26-12-6-15-30-18-20-11-16-31-19-20)27-17-23(28-13-4-5-14-28)21-7-9-22(29-2)10-8-21;/h7-10,20,23H,3-6,11-19H2,1-2H3,(H2,25,26,27);1H. The first kappa shape index (κ1) is 27.1. The van der Waals surface area contributed by atoms with Gasteiger partial charge in [0.05, 0.1) is 32.9 Å². The van der Waals surface area contributed by atoms with Crippen molar-refractivity contribution in [2.45, 2.75) is 38.6 Å². The molecule has 0 saturated carbocycles. The summed E-state index contributed by atoms with van der Waals surface area (Å²) in [5, 5.41) is 6.84. The molecule has 1 aromatic carbocycles. The predicted octanol–water partition coefficient (Wildman–Crippen LogP) is 3.45.